The Labute approximate surface area is 77.3 Å². The number of hydrogen-bond acceptors (Lipinski definition) is 3. The minimum Gasteiger partial charge on any atom is -0.313 e. The SMILES string of the molecule is Cl.O=S(=O)(Cl)CC1CCCN1. The summed E-state index contributed by atoms with van der Waals surface area (Å²) in [6.45, 7) is 0.914. The molecule has 3 nitrogen and oxygen atoms in total. The fourth-order valence-electron chi connectivity index (χ4n) is 1.14. The average Bonchev–Trinajstić information content (AvgIpc) is 2.12. The predicted molar refractivity (Wildman–Crippen MR) is 47.9 cm³/mol. The van der Waals surface area contributed by atoms with Crippen LogP contribution < -0.4 is 5.32 Å². The monoisotopic (exact) mass is 219 g/mol. The molecule has 11 heavy (non-hydrogen) atoms. The maximum Gasteiger partial charge on any atom is 0.234 e. The zero-order valence-corrected chi connectivity index (χ0v) is 8.31. The Morgan fingerprint density at radius 2 is 2.18 bits per heavy atom. The zero-order chi connectivity index (χ0) is 7.61. The highest BCUT2D eigenvalue weighted by Gasteiger charge is 2.19. The summed E-state index contributed by atoms with van der Waals surface area (Å²) in [6, 6.07) is 0.0856. The number of nitrogens with one attached hydrogen (secondary N) is 1. The molecule has 0 radical (unpaired) electrons. The van der Waals surface area contributed by atoms with Crippen molar-refractivity contribution < 1.29 is 8.42 Å². The zero-order valence-electron chi connectivity index (χ0n) is 5.92. The number of rotatable bonds is 2. The van der Waals surface area contributed by atoms with Gasteiger partial charge in [0.25, 0.3) is 0 Å². The highest BCUT2D eigenvalue weighted by atomic mass is 35.7. The average molecular weight is 220 g/mol. The fourth-order valence-corrected chi connectivity index (χ4v) is 2.36. The van der Waals surface area contributed by atoms with Crippen LogP contribution in [-0.4, -0.2) is 26.8 Å². The molecule has 1 aliphatic heterocycles. The molecule has 0 aromatic rings. The largest absolute Gasteiger partial charge is 0.313 e. The van der Waals surface area contributed by atoms with Gasteiger partial charge >= 0.3 is 0 Å². The topological polar surface area (TPSA) is 46.2 Å². The van der Waals surface area contributed by atoms with E-state index in [1.807, 2.05) is 0 Å². The van der Waals surface area contributed by atoms with Crippen molar-refractivity contribution in [1.29, 1.82) is 0 Å². The Kier molecular flexibility index (Phi) is 4.70. The molecule has 0 aromatic heterocycles. The summed E-state index contributed by atoms with van der Waals surface area (Å²) in [4.78, 5) is 0. The second-order valence-corrected chi connectivity index (χ2v) is 5.32. The molecule has 1 unspecified atom stereocenters. The molecule has 1 aliphatic rings. The van der Waals surface area contributed by atoms with E-state index < -0.39 is 9.05 Å². The molecule has 1 heterocycles. The van der Waals surface area contributed by atoms with E-state index in [1.54, 1.807) is 0 Å². The Bertz CT molecular complexity index is 199. The highest BCUT2D eigenvalue weighted by molar-refractivity contribution is 8.13. The van der Waals surface area contributed by atoms with Crippen LogP contribution in [-0.2, 0) is 9.05 Å². The first-order chi connectivity index (χ1) is 4.58. The lowest BCUT2D eigenvalue weighted by Gasteiger charge is -2.04. The quantitative estimate of drug-likeness (QED) is 0.698. The van der Waals surface area contributed by atoms with Gasteiger partial charge in [0.15, 0.2) is 0 Å². The maximum atomic E-state index is 10.5. The summed E-state index contributed by atoms with van der Waals surface area (Å²) in [5.74, 6) is 0.0640. The second kappa shape index (κ2) is 4.50. The molecule has 68 valence electrons. The Morgan fingerprint density at radius 1 is 1.55 bits per heavy atom. The summed E-state index contributed by atoms with van der Waals surface area (Å²) >= 11 is 0. The van der Waals surface area contributed by atoms with Gasteiger partial charge < -0.3 is 5.32 Å². The van der Waals surface area contributed by atoms with Crippen molar-refractivity contribution in [1.82, 2.24) is 5.32 Å². The Balaban J connectivity index is 0.000001000. The van der Waals surface area contributed by atoms with Crippen LogP contribution >= 0.6 is 23.1 Å². The van der Waals surface area contributed by atoms with E-state index in [0.29, 0.717) is 0 Å². The van der Waals surface area contributed by atoms with Gasteiger partial charge in [-0.25, -0.2) is 8.42 Å². The van der Waals surface area contributed by atoms with Gasteiger partial charge in [-0.05, 0) is 19.4 Å². The van der Waals surface area contributed by atoms with Crippen LogP contribution in [0.2, 0.25) is 0 Å². The second-order valence-electron chi connectivity index (χ2n) is 2.50. The molecule has 0 amide bonds. The standard InChI is InChI=1S/C5H10ClNO2S.ClH/c6-10(8,9)4-5-2-1-3-7-5;/h5,7H,1-4H2;1H. The molecule has 1 atom stereocenters. The van der Waals surface area contributed by atoms with E-state index in [0.717, 1.165) is 19.4 Å². The van der Waals surface area contributed by atoms with E-state index in [-0.39, 0.29) is 24.2 Å². The van der Waals surface area contributed by atoms with Crippen molar-refractivity contribution in [3.63, 3.8) is 0 Å². The van der Waals surface area contributed by atoms with E-state index in [2.05, 4.69) is 5.32 Å². The van der Waals surface area contributed by atoms with E-state index in [1.165, 1.54) is 0 Å². The molecule has 0 bridgehead atoms. The van der Waals surface area contributed by atoms with Gasteiger partial charge in [-0.15, -0.1) is 12.4 Å². The summed E-state index contributed by atoms with van der Waals surface area (Å²) in [7, 11) is 1.75. The van der Waals surface area contributed by atoms with Gasteiger partial charge in [0.05, 0.1) is 5.75 Å². The molecule has 1 rings (SSSR count). The smallest absolute Gasteiger partial charge is 0.234 e. The van der Waals surface area contributed by atoms with E-state index in [9.17, 15) is 8.42 Å². The van der Waals surface area contributed by atoms with Gasteiger partial charge in [0.1, 0.15) is 0 Å². The first-order valence-corrected chi connectivity index (χ1v) is 5.71. The molecule has 1 fully saturated rings. The minimum absolute atomic E-state index is 0. The van der Waals surface area contributed by atoms with Gasteiger partial charge in [-0.2, -0.15) is 0 Å². The molecular formula is C5H11Cl2NO2S. The third-order valence-corrected chi connectivity index (χ3v) is 2.74. The van der Waals surface area contributed by atoms with Gasteiger partial charge in [-0.3, -0.25) is 0 Å². The summed E-state index contributed by atoms with van der Waals surface area (Å²) in [5, 5.41) is 3.05. The summed E-state index contributed by atoms with van der Waals surface area (Å²) in [6.07, 6.45) is 1.98. The van der Waals surface area contributed by atoms with Crippen molar-refractivity contribution >= 4 is 32.1 Å². The highest BCUT2D eigenvalue weighted by Crippen LogP contribution is 2.09. The van der Waals surface area contributed by atoms with Gasteiger partial charge in [0, 0.05) is 16.7 Å². The van der Waals surface area contributed by atoms with E-state index in [4.69, 9.17) is 10.7 Å². The van der Waals surface area contributed by atoms with Crippen molar-refractivity contribution in [3.8, 4) is 0 Å². The van der Waals surface area contributed by atoms with Crippen molar-refractivity contribution in [2.75, 3.05) is 12.3 Å². The molecule has 0 aromatic carbocycles. The van der Waals surface area contributed by atoms with Crippen LogP contribution in [0.25, 0.3) is 0 Å². The first kappa shape index (κ1) is 11.5. The summed E-state index contributed by atoms with van der Waals surface area (Å²) in [5.41, 5.74) is 0. The lowest BCUT2D eigenvalue weighted by molar-refractivity contribution is 0.590. The van der Waals surface area contributed by atoms with Crippen LogP contribution in [0, 0.1) is 0 Å². The van der Waals surface area contributed by atoms with Crippen molar-refractivity contribution in [2.24, 2.45) is 0 Å². The van der Waals surface area contributed by atoms with E-state index >= 15 is 0 Å². The minimum atomic E-state index is -3.30. The fraction of sp³-hybridized carbons (Fsp3) is 1.00. The van der Waals surface area contributed by atoms with Crippen LogP contribution in [0.15, 0.2) is 0 Å². The molecule has 1 N–H and O–H groups in total. The number of halogens is 2. The molecule has 0 saturated carbocycles. The van der Waals surface area contributed by atoms with Gasteiger partial charge in [-0.1, -0.05) is 0 Å². The van der Waals surface area contributed by atoms with Crippen molar-refractivity contribution in [2.45, 2.75) is 18.9 Å². The molecule has 6 heteroatoms. The summed E-state index contributed by atoms with van der Waals surface area (Å²) < 4.78 is 21.0. The molecular weight excluding hydrogens is 209 g/mol. The predicted octanol–water partition coefficient (Wildman–Crippen LogP) is 0.729. The number of hydrogen-bond donors (Lipinski definition) is 1. The maximum absolute atomic E-state index is 10.5. The lowest BCUT2D eigenvalue weighted by Crippen LogP contribution is -2.27. The van der Waals surface area contributed by atoms with Crippen LogP contribution in [0.5, 0.6) is 0 Å². The van der Waals surface area contributed by atoms with Crippen molar-refractivity contribution in [3.05, 3.63) is 0 Å². The molecule has 1 saturated heterocycles. The third-order valence-electron chi connectivity index (χ3n) is 1.56. The van der Waals surface area contributed by atoms with Crippen LogP contribution in [0.1, 0.15) is 12.8 Å². The Hall–Kier alpha value is 0.490. The lowest BCUT2D eigenvalue weighted by atomic mass is 10.3. The molecule has 0 aliphatic carbocycles. The van der Waals surface area contributed by atoms with Gasteiger partial charge in [0.2, 0.25) is 9.05 Å². The van der Waals surface area contributed by atoms with Crippen LogP contribution in [0.3, 0.4) is 0 Å². The molecule has 0 spiro atoms. The van der Waals surface area contributed by atoms with Crippen LogP contribution in [0.4, 0.5) is 0 Å². The third kappa shape index (κ3) is 4.85. The Morgan fingerprint density at radius 3 is 2.55 bits per heavy atom. The normalized spacial score (nSPS) is 24.6. The first-order valence-electron chi connectivity index (χ1n) is 3.24.